The van der Waals surface area contributed by atoms with Crippen molar-refractivity contribution in [3.05, 3.63) is 41.2 Å². The number of halogens is 4. The quantitative estimate of drug-likeness (QED) is 0.354. The van der Waals surface area contributed by atoms with Gasteiger partial charge in [-0.2, -0.15) is 23.8 Å². The monoisotopic (exact) mass is 507 g/mol. The zero-order valence-electron chi connectivity index (χ0n) is 18.1. The highest BCUT2D eigenvalue weighted by molar-refractivity contribution is 8.24. The number of amides is 2. The fourth-order valence-corrected chi connectivity index (χ4v) is 4.83. The van der Waals surface area contributed by atoms with Crippen molar-refractivity contribution in [2.75, 3.05) is 31.4 Å². The van der Waals surface area contributed by atoms with Crippen molar-refractivity contribution >= 4 is 22.4 Å². The number of hydrogen-bond acceptors (Lipinski definition) is 6. The lowest BCUT2D eigenvalue weighted by molar-refractivity contribution is -0.123. The molecule has 2 heterocycles. The van der Waals surface area contributed by atoms with Crippen molar-refractivity contribution in [1.29, 1.82) is 0 Å². The van der Waals surface area contributed by atoms with E-state index in [1.54, 1.807) is 5.32 Å². The minimum absolute atomic E-state index is 0.0104. The molecule has 0 unspecified atom stereocenters. The number of alkyl halides is 4. The van der Waals surface area contributed by atoms with Gasteiger partial charge in [0, 0.05) is 12.1 Å². The second kappa shape index (κ2) is 10.7. The standard InChI is InChI=1S/C20H25F4N5O4S/c21-9-3-1-2-4-16-17(19(31)28-10-11-34(32,33)13-28)26-27-29(16)15-7-5-14(6-8-15)18(30)25-12-20(22,23)24/h5-8,32-33H,1-4,9-13H2,(H,25,30). The summed E-state index contributed by atoms with van der Waals surface area (Å²) in [6.45, 7) is -1.75. The van der Waals surface area contributed by atoms with E-state index < -0.39 is 41.8 Å². The highest BCUT2D eigenvalue weighted by Gasteiger charge is 2.33. The average molecular weight is 508 g/mol. The molecule has 3 N–H and O–H groups in total. The van der Waals surface area contributed by atoms with Crippen LogP contribution in [0, 0.1) is 0 Å². The third-order valence-corrected chi connectivity index (χ3v) is 6.74. The summed E-state index contributed by atoms with van der Waals surface area (Å²) in [4.78, 5) is 26.2. The smallest absolute Gasteiger partial charge is 0.343 e. The summed E-state index contributed by atoms with van der Waals surface area (Å²) >= 11 is 0. The van der Waals surface area contributed by atoms with Crippen molar-refractivity contribution in [3.63, 3.8) is 0 Å². The van der Waals surface area contributed by atoms with E-state index in [1.165, 1.54) is 33.8 Å². The molecule has 1 aromatic heterocycles. The van der Waals surface area contributed by atoms with Crippen LogP contribution in [0.4, 0.5) is 17.6 Å². The van der Waals surface area contributed by atoms with Crippen molar-refractivity contribution in [2.24, 2.45) is 0 Å². The molecule has 3 rings (SSSR count). The van der Waals surface area contributed by atoms with Crippen molar-refractivity contribution < 1.29 is 36.3 Å². The summed E-state index contributed by atoms with van der Waals surface area (Å²) in [6.07, 6.45) is -2.72. The van der Waals surface area contributed by atoms with Crippen molar-refractivity contribution in [3.8, 4) is 5.69 Å². The Morgan fingerprint density at radius 3 is 2.41 bits per heavy atom. The lowest BCUT2D eigenvalue weighted by atomic mass is 10.1. The molecule has 0 saturated carbocycles. The normalized spacial score (nSPS) is 16.5. The SMILES string of the molecule is O=C(NCC(F)(F)F)c1ccc(-n2nnc(C(=O)N3CCS(O)(O)C3)c2CCCCCF)cc1. The van der Waals surface area contributed by atoms with Crippen LogP contribution < -0.4 is 5.32 Å². The number of hydrogen-bond donors (Lipinski definition) is 3. The van der Waals surface area contributed by atoms with E-state index in [4.69, 9.17) is 0 Å². The molecule has 1 saturated heterocycles. The van der Waals surface area contributed by atoms with Gasteiger partial charge in [-0.1, -0.05) is 11.6 Å². The fourth-order valence-electron chi connectivity index (χ4n) is 3.44. The molecule has 2 amide bonds. The van der Waals surface area contributed by atoms with Crippen LogP contribution in [0.2, 0.25) is 0 Å². The molecule has 0 radical (unpaired) electrons. The molecule has 0 spiro atoms. The van der Waals surface area contributed by atoms with Crippen LogP contribution in [0.15, 0.2) is 24.3 Å². The number of nitrogens with one attached hydrogen (secondary N) is 1. The second-order valence-corrected chi connectivity index (χ2v) is 10.1. The molecule has 2 aromatic rings. The van der Waals surface area contributed by atoms with Crippen molar-refractivity contribution in [1.82, 2.24) is 25.2 Å². The van der Waals surface area contributed by atoms with Gasteiger partial charge in [-0.05, 0) is 43.5 Å². The first-order valence-corrected chi connectivity index (χ1v) is 12.4. The maximum absolute atomic E-state index is 13.0. The molecule has 14 heteroatoms. The van der Waals surface area contributed by atoms with Gasteiger partial charge in [-0.3, -0.25) is 23.1 Å². The van der Waals surface area contributed by atoms with E-state index in [0.717, 1.165) is 0 Å². The van der Waals surface area contributed by atoms with Crippen LogP contribution in [-0.4, -0.2) is 78.4 Å². The molecule has 0 atom stereocenters. The first kappa shape index (κ1) is 25.9. The predicted molar refractivity (Wildman–Crippen MR) is 117 cm³/mol. The first-order valence-electron chi connectivity index (χ1n) is 10.5. The van der Waals surface area contributed by atoms with Crippen LogP contribution in [0.25, 0.3) is 5.69 Å². The third-order valence-electron chi connectivity index (χ3n) is 5.17. The molecule has 9 nitrogen and oxygen atoms in total. The topological polar surface area (TPSA) is 121 Å². The predicted octanol–water partition coefficient (Wildman–Crippen LogP) is 3.41. The highest BCUT2D eigenvalue weighted by atomic mass is 32.3. The molecule has 34 heavy (non-hydrogen) atoms. The minimum Gasteiger partial charge on any atom is -0.343 e. The Balaban J connectivity index is 1.82. The van der Waals surface area contributed by atoms with Crippen molar-refractivity contribution in [2.45, 2.75) is 31.9 Å². The summed E-state index contributed by atoms with van der Waals surface area (Å²) in [5.41, 5.74) is 0.896. The average Bonchev–Trinajstić information content (AvgIpc) is 3.37. The summed E-state index contributed by atoms with van der Waals surface area (Å²) in [5.74, 6) is -1.51. The molecule has 1 aliphatic rings. The van der Waals surface area contributed by atoms with E-state index in [2.05, 4.69) is 10.3 Å². The summed E-state index contributed by atoms with van der Waals surface area (Å²) in [5, 5.41) is 9.81. The number of aromatic nitrogens is 3. The van der Waals surface area contributed by atoms with Gasteiger partial charge in [0.15, 0.2) is 5.69 Å². The van der Waals surface area contributed by atoms with Gasteiger partial charge in [0.2, 0.25) is 0 Å². The lowest BCUT2D eigenvalue weighted by Crippen LogP contribution is -2.33. The Bertz CT molecular complexity index is 1010. The Morgan fingerprint density at radius 1 is 1.12 bits per heavy atom. The molecule has 188 valence electrons. The zero-order chi connectivity index (χ0) is 24.9. The van der Waals surface area contributed by atoms with Crippen LogP contribution in [0.5, 0.6) is 0 Å². The molecular formula is C20H25F4N5O4S. The maximum Gasteiger partial charge on any atom is 0.405 e. The molecule has 0 aliphatic carbocycles. The van der Waals surface area contributed by atoms with E-state index in [0.29, 0.717) is 37.1 Å². The van der Waals surface area contributed by atoms with Crippen LogP contribution in [0.1, 0.15) is 45.8 Å². The number of rotatable bonds is 9. The number of nitrogens with zero attached hydrogens (tertiary/aromatic N) is 4. The zero-order valence-corrected chi connectivity index (χ0v) is 18.9. The number of unbranched alkanes of at least 4 members (excludes halogenated alkanes) is 2. The summed E-state index contributed by atoms with van der Waals surface area (Å²) in [6, 6.07) is 5.57. The Hall–Kier alpha value is -2.71. The number of benzene rings is 1. The van der Waals surface area contributed by atoms with Gasteiger partial charge in [0.25, 0.3) is 11.8 Å². The van der Waals surface area contributed by atoms with Gasteiger partial charge in [0.05, 0.1) is 23.8 Å². The van der Waals surface area contributed by atoms with Gasteiger partial charge in [-0.15, -0.1) is 5.10 Å². The molecule has 1 aliphatic heterocycles. The number of carbonyl (C=O) groups excluding carboxylic acids is 2. The minimum atomic E-state index is -4.53. The highest BCUT2D eigenvalue weighted by Crippen LogP contribution is 2.43. The lowest BCUT2D eigenvalue weighted by Gasteiger charge is -2.25. The van der Waals surface area contributed by atoms with E-state index in [-0.39, 0.29) is 29.4 Å². The fraction of sp³-hybridized carbons (Fsp3) is 0.500. The molecule has 1 fully saturated rings. The van der Waals surface area contributed by atoms with E-state index in [9.17, 15) is 36.3 Å². The van der Waals surface area contributed by atoms with Gasteiger partial charge < -0.3 is 10.2 Å². The van der Waals surface area contributed by atoms with E-state index in [1.807, 2.05) is 0 Å². The first-order chi connectivity index (χ1) is 16.0. The Kier molecular flexibility index (Phi) is 8.15. The Morgan fingerprint density at radius 2 is 1.82 bits per heavy atom. The summed E-state index contributed by atoms with van der Waals surface area (Å²) < 4.78 is 70.5. The molecule has 1 aromatic carbocycles. The molecular weight excluding hydrogens is 482 g/mol. The van der Waals surface area contributed by atoms with E-state index >= 15 is 0 Å². The number of carbonyl (C=O) groups is 2. The summed E-state index contributed by atoms with van der Waals surface area (Å²) in [7, 11) is -2.86. The van der Waals surface area contributed by atoms with Gasteiger partial charge in [-0.25, -0.2) is 4.68 Å². The van der Waals surface area contributed by atoms with Gasteiger partial charge >= 0.3 is 6.18 Å². The Labute approximate surface area is 194 Å². The van der Waals surface area contributed by atoms with Crippen LogP contribution in [0.3, 0.4) is 0 Å². The van der Waals surface area contributed by atoms with Crippen LogP contribution in [-0.2, 0) is 6.42 Å². The maximum atomic E-state index is 13.0. The third kappa shape index (κ3) is 6.67. The van der Waals surface area contributed by atoms with Gasteiger partial charge in [0.1, 0.15) is 12.4 Å². The molecule has 0 bridgehead atoms. The van der Waals surface area contributed by atoms with Crippen LogP contribution >= 0.6 is 10.6 Å². The largest absolute Gasteiger partial charge is 0.405 e. The second-order valence-electron chi connectivity index (χ2n) is 7.84.